The van der Waals surface area contributed by atoms with Gasteiger partial charge in [-0.15, -0.1) is 0 Å². The predicted octanol–water partition coefficient (Wildman–Crippen LogP) is 3.38. The summed E-state index contributed by atoms with van der Waals surface area (Å²) >= 11 is 0. The molecule has 2 aromatic rings. The molecule has 0 aliphatic carbocycles. The van der Waals surface area contributed by atoms with E-state index in [1.807, 2.05) is 31.1 Å². The lowest BCUT2D eigenvalue weighted by molar-refractivity contribution is 0.628. The van der Waals surface area contributed by atoms with Crippen molar-refractivity contribution in [2.45, 2.75) is 19.8 Å². The van der Waals surface area contributed by atoms with Gasteiger partial charge >= 0.3 is 0 Å². The Morgan fingerprint density at radius 1 is 1.25 bits per heavy atom. The van der Waals surface area contributed by atoms with E-state index in [2.05, 4.69) is 22.2 Å². The minimum atomic E-state index is -0.258. The van der Waals surface area contributed by atoms with Crippen molar-refractivity contribution < 1.29 is 4.39 Å². The van der Waals surface area contributed by atoms with Gasteiger partial charge in [-0.25, -0.2) is 14.4 Å². The van der Waals surface area contributed by atoms with Crippen LogP contribution in [0.2, 0.25) is 0 Å². The van der Waals surface area contributed by atoms with Crippen LogP contribution in [0.1, 0.15) is 19.2 Å². The van der Waals surface area contributed by atoms with E-state index in [-0.39, 0.29) is 5.82 Å². The Labute approximate surface area is 118 Å². The van der Waals surface area contributed by atoms with Crippen LogP contribution in [0.25, 0.3) is 0 Å². The van der Waals surface area contributed by atoms with Crippen molar-refractivity contribution in [3.8, 4) is 0 Å². The summed E-state index contributed by atoms with van der Waals surface area (Å²) in [6.07, 6.45) is 1.80. The molecule has 2 rings (SSSR count). The molecule has 0 amide bonds. The van der Waals surface area contributed by atoms with Gasteiger partial charge in [0, 0.05) is 32.3 Å². The monoisotopic (exact) mass is 274 g/mol. The normalized spacial score (nSPS) is 10.4. The second kappa shape index (κ2) is 6.32. The van der Waals surface area contributed by atoms with Gasteiger partial charge < -0.3 is 10.2 Å². The van der Waals surface area contributed by atoms with Crippen LogP contribution in [0.3, 0.4) is 0 Å². The summed E-state index contributed by atoms with van der Waals surface area (Å²) in [5, 5.41) is 3.03. The first-order valence-corrected chi connectivity index (χ1v) is 6.69. The quantitative estimate of drug-likeness (QED) is 0.907. The molecular weight excluding hydrogens is 255 g/mol. The van der Waals surface area contributed by atoms with E-state index in [4.69, 9.17) is 0 Å². The molecule has 0 bridgehead atoms. The summed E-state index contributed by atoms with van der Waals surface area (Å²) in [4.78, 5) is 10.8. The molecule has 0 aliphatic rings. The van der Waals surface area contributed by atoms with Crippen LogP contribution in [0, 0.1) is 5.82 Å². The van der Waals surface area contributed by atoms with Crippen molar-refractivity contribution in [1.29, 1.82) is 0 Å². The summed E-state index contributed by atoms with van der Waals surface area (Å²) in [6, 6.07) is 8.31. The van der Waals surface area contributed by atoms with Crippen LogP contribution in [0.5, 0.6) is 0 Å². The van der Waals surface area contributed by atoms with Gasteiger partial charge in [0.2, 0.25) is 0 Å². The fraction of sp³-hybridized carbons (Fsp3) is 0.333. The Bertz CT molecular complexity index is 586. The first kappa shape index (κ1) is 14.2. The van der Waals surface area contributed by atoms with Crippen molar-refractivity contribution in [1.82, 2.24) is 9.97 Å². The minimum Gasteiger partial charge on any atom is -0.373 e. The SMILES string of the molecule is CCCc1nc(NC)cc(N(C)c2cccc(F)c2)n1. The third-order valence-corrected chi connectivity index (χ3v) is 3.03. The van der Waals surface area contributed by atoms with Crippen molar-refractivity contribution in [3.63, 3.8) is 0 Å². The Kier molecular flexibility index (Phi) is 4.50. The second-order valence-electron chi connectivity index (χ2n) is 4.57. The van der Waals surface area contributed by atoms with E-state index < -0.39 is 0 Å². The predicted molar refractivity (Wildman–Crippen MR) is 80.0 cm³/mol. The lowest BCUT2D eigenvalue weighted by Gasteiger charge is -2.19. The van der Waals surface area contributed by atoms with Gasteiger partial charge in [0.15, 0.2) is 0 Å². The zero-order chi connectivity index (χ0) is 14.5. The Hall–Kier alpha value is -2.17. The van der Waals surface area contributed by atoms with Crippen LogP contribution < -0.4 is 10.2 Å². The third kappa shape index (κ3) is 3.23. The Morgan fingerprint density at radius 3 is 2.70 bits per heavy atom. The van der Waals surface area contributed by atoms with Crippen LogP contribution in [0.4, 0.5) is 21.7 Å². The van der Waals surface area contributed by atoms with Gasteiger partial charge in [-0.2, -0.15) is 0 Å². The highest BCUT2D eigenvalue weighted by Crippen LogP contribution is 2.24. The summed E-state index contributed by atoms with van der Waals surface area (Å²) in [5.74, 6) is 2.05. The molecular formula is C15H19FN4. The number of hydrogen-bond acceptors (Lipinski definition) is 4. The van der Waals surface area contributed by atoms with Crippen molar-refractivity contribution >= 4 is 17.3 Å². The van der Waals surface area contributed by atoms with Gasteiger partial charge in [0.25, 0.3) is 0 Å². The summed E-state index contributed by atoms with van der Waals surface area (Å²) in [5.41, 5.74) is 0.758. The molecule has 0 radical (unpaired) electrons. The number of aromatic nitrogens is 2. The highest BCUT2D eigenvalue weighted by molar-refractivity contribution is 5.61. The molecule has 0 saturated heterocycles. The number of nitrogens with zero attached hydrogens (tertiary/aromatic N) is 3. The van der Waals surface area contributed by atoms with E-state index in [1.54, 1.807) is 6.07 Å². The van der Waals surface area contributed by atoms with Gasteiger partial charge in [-0.3, -0.25) is 0 Å². The number of hydrogen-bond donors (Lipinski definition) is 1. The maximum atomic E-state index is 13.3. The number of aryl methyl sites for hydroxylation is 1. The minimum absolute atomic E-state index is 0.258. The van der Waals surface area contributed by atoms with Crippen molar-refractivity contribution in [2.75, 3.05) is 24.3 Å². The topological polar surface area (TPSA) is 41.1 Å². The van der Waals surface area contributed by atoms with Crippen molar-refractivity contribution in [2.24, 2.45) is 0 Å². The molecule has 1 N–H and O–H groups in total. The Morgan fingerprint density at radius 2 is 2.05 bits per heavy atom. The van der Waals surface area contributed by atoms with Crippen LogP contribution in [-0.2, 0) is 6.42 Å². The van der Waals surface area contributed by atoms with Gasteiger partial charge in [-0.05, 0) is 24.6 Å². The standard InChI is InChI=1S/C15H19FN4/c1-4-6-13-18-14(17-2)10-15(19-13)20(3)12-8-5-7-11(16)9-12/h5,7-10H,4,6H2,1-3H3,(H,17,18,19). The van der Waals surface area contributed by atoms with E-state index in [1.165, 1.54) is 12.1 Å². The average Bonchev–Trinajstić information content (AvgIpc) is 2.46. The molecule has 0 fully saturated rings. The Balaban J connectivity index is 2.37. The van der Waals surface area contributed by atoms with E-state index in [0.29, 0.717) is 0 Å². The van der Waals surface area contributed by atoms with Gasteiger partial charge in [0.05, 0.1) is 0 Å². The number of anilines is 3. The molecule has 106 valence electrons. The molecule has 0 saturated carbocycles. The maximum absolute atomic E-state index is 13.3. The molecule has 0 unspecified atom stereocenters. The molecule has 0 atom stereocenters. The second-order valence-corrected chi connectivity index (χ2v) is 4.57. The zero-order valence-electron chi connectivity index (χ0n) is 12.0. The number of benzene rings is 1. The average molecular weight is 274 g/mol. The van der Waals surface area contributed by atoms with E-state index in [9.17, 15) is 4.39 Å². The highest BCUT2D eigenvalue weighted by atomic mass is 19.1. The largest absolute Gasteiger partial charge is 0.373 e. The van der Waals surface area contributed by atoms with Gasteiger partial charge in [0.1, 0.15) is 23.3 Å². The molecule has 0 aliphatic heterocycles. The lowest BCUT2D eigenvalue weighted by Crippen LogP contribution is -2.14. The molecule has 0 spiro atoms. The fourth-order valence-corrected chi connectivity index (χ4v) is 1.94. The first-order chi connectivity index (χ1) is 9.63. The first-order valence-electron chi connectivity index (χ1n) is 6.69. The van der Waals surface area contributed by atoms with Crippen LogP contribution >= 0.6 is 0 Å². The maximum Gasteiger partial charge on any atom is 0.138 e. The molecule has 5 heteroatoms. The molecule has 20 heavy (non-hydrogen) atoms. The molecule has 1 aromatic carbocycles. The number of halogens is 1. The number of nitrogens with one attached hydrogen (secondary N) is 1. The molecule has 1 heterocycles. The fourth-order valence-electron chi connectivity index (χ4n) is 1.94. The highest BCUT2D eigenvalue weighted by Gasteiger charge is 2.10. The van der Waals surface area contributed by atoms with Crippen LogP contribution in [-0.4, -0.2) is 24.1 Å². The summed E-state index contributed by atoms with van der Waals surface area (Å²) < 4.78 is 13.3. The summed E-state index contributed by atoms with van der Waals surface area (Å²) in [6.45, 7) is 2.09. The van der Waals surface area contributed by atoms with Crippen molar-refractivity contribution in [3.05, 3.63) is 42.0 Å². The molecule has 1 aromatic heterocycles. The third-order valence-electron chi connectivity index (χ3n) is 3.03. The molecule has 4 nitrogen and oxygen atoms in total. The smallest absolute Gasteiger partial charge is 0.138 e. The lowest BCUT2D eigenvalue weighted by atomic mass is 10.2. The van der Waals surface area contributed by atoms with Crippen LogP contribution in [0.15, 0.2) is 30.3 Å². The zero-order valence-corrected chi connectivity index (χ0v) is 12.0. The number of rotatable bonds is 5. The van der Waals surface area contributed by atoms with E-state index in [0.717, 1.165) is 36.0 Å². The summed E-state index contributed by atoms with van der Waals surface area (Å²) in [7, 11) is 3.69. The van der Waals surface area contributed by atoms with E-state index >= 15 is 0 Å². The van der Waals surface area contributed by atoms with Gasteiger partial charge in [-0.1, -0.05) is 13.0 Å².